The number of hydrogen-bond acceptors (Lipinski definition) is 3. The summed E-state index contributed by atoms with van der Waals surface area (Å²) in [6.07, 6.45) is 0. The molecule has 0 saturated heterocycles. The van der Waals surface area contributed by atoms with Gasteiger partial charge in [0.15, 0.2) is 0 Å². The van der Waals surface area contributed by atoms with Gasteiger partial charge in [0.25, 0.3) is 0 Å². The Morgan fingerprint density at radius 1 is 0.950 bits per heavy atom. The largest absolute Gasteiger partial charge is 0.455 e. The van der Waals surface area contributed by atoms with E-state index in [1.54, 1.807) is 24.3 Å². The van der Waals surface area contributed by atoms with Crippen LogP contribution >= 0.6 is 0 Å². The SMILES string of the molecule is C=C1c2c(oc3ccccc23)-c2ccccc2S1(=O)=O. The maximum Gasteiger partial charge on any atom is 0.207 e. The molecule has 0 amide bonds. The summed E-state index contributed by atoms with van der Waals surface area (Å²) >= 11 is 0. The highest BCUT2D eigenvalue weighted by atomic mass is 32.2. The van der Waals surface area contributed by atoms with E-state index in [2.05, 4.69) is 6.58 Å². The number of fused-ring (bicyclic) bond motifs is 5. The first-order valence-corrected chi connectivity index (χ1v) is 7.64. The topological polar surface area (TPSA) is 47.3 Å². The molecule has 4 heteroatoms. The molecular weight excluding hydrogens is 272 g/mol. The number of sulfone groups is 1. The zero-order valence-electron chi connectivity index (χ0n) is 10.5. The van der Waals surface area contributed by atoms with Crippen molar-refractivity contribution in [1.29, 1.82) is 0 Å². The molecule has 2 heterocycles. The standard InChI is InChI=1S/C16H10O3S/c1-10-15-11-6-2-4-8-13(11)19-16(15)12-7-3-5-9-14(12)20(10,17)18/h2-9H,1H2. The first-order chi connectivity index (χ1) is 9.60. The van der Waals surface area contributed by atoms with Crippen LogP contribution in [0.15, 0.2) is 64.4 Å². The Balaban J connectivity index is 2.26. The number of rotatable bonds is 0. The molecule has 3 nitrogen and oxygen atoms in total. The van der Waals surface area contributed by atoms with E-state index in [1.165, 1.54) is 0 Å². The summed E-state index contributed by atoms with van der Waals surface area (Å²) in [5, 5.41) is 0.783. The highest BCUT2D eigenvalue weighted by Crippen LogP contribution is 2.47. The predicted octanol–water partition coefficient (Wildman–Crippen LogP) is 3.86. The number of para-hydroxylation sites is 1. The van der Waals surface area contributed by atoms with Gasteiger partial charge < -0.3 is 4.42 Å². The molecule has 0 fully saturated rings. The Bertz CT molecular complexity index is 978. The van der Waals surface area contributed by atoms with Crippen molar-refractivity contribution in [3.8, 4) is 11.3 Å². The number of furan rings is 1. The molecule has 0 radical (unpaired) electrons. The third kappa shape index (κ3) is 1.26. The molecule has 98 valence electrons. The van der Waals surface area contributed by atoms with E-state index in [-0.39, 0.29) is 9.80 Å². The van der Waals surface area contributed by atoms with Gasteiger partial charge in [-0.1, -0.05) is 36.9 Å². The van der Waals surface area contributed by atoms with Crippen LogP contribution in [0.4, 0.5) is 0 Å². The lowest BCUT2D eigenvalue weighted by atomic mass is 10.0. The second-order valence-electron chi connectivity index (χ2n) is 4.73. The fourth-order valence-electron chi connectivity index (χ4n) is 2.67. The molecule has 1 aliphatic heterocycles. The average Bonchev–Trinajstić information content (AvgIpc) is 2.85. The van der Waals surface area contributed by atoms with Crippen molar-refractivity contribution < 1.29 is 12.8 Å². The normalized spacial score (nSPS) is 15.9. The second-order valence-corrected chi connectivity index (χ2v) is 6.66. The third-order valence-electron chi connectivity index (χ3n) is 3.62. The molecule has 0 bridgehead atoms. The minimum atomic E-state index is -3.55. The van der Waals surface area contributed by atoms with Gasteiger partial charge in [0.05, 0.1) is 9.80 Å². The van der Waals surface area contributed by atoms with Gasteiger partial charge in [0.1, 0.15) is 11.3 Å². The molecule has 20 heavy (non-hydrogen) atoms. The van der Waals surface area contributed by atoms with Crippen molar-refractivity contribution in [2.75, 3.05) is 0 Å². The molecule has 3 aromatic rings. The van der Waals surface area contributed by atoms with Crippen LogP contribution in [0.5, 0.6) is 0 Å². The van der Waals surface area contributed by atoms with Crippen LogP contribution in [0.2, 0.25) is 0 Å². The minimum Gasteiger partial charge on any atom is -0.455 e. The lowest BCUT2D eigenvalue weighted by Gasteiger charge is -2.17. The molecule has 0 spiro atoms. The fraction of sp³-hybridized carbons (Fsp3) is 0. The second kappa shape index (κ2) is 3.61. The fourth-order valence-corrected chi connectivity index (χ4v) is 4.11. The zero-order valence-corrected chi connectivity index (χ0v) is 11.3. The molecule has 0 saturated carbocycles. The summed E-state index contributed by atoms with van der Waals surface area (Å²) in [7, 11) is -3.55. The zero-order chi connectivity index (χ0) is 13.9. The van der Waals surface area contributed by atoms with Crippen LogP contribution < -0.4 is 0 Å². The number of benzene rings is 2. The smallest absolute Gasteiger partial charge is 0.207 e. The van der Waals surface area contributed by atoms with Gasteiger partial charge >= 0.3 is 0 Å². The van der Waals surface area contributed by atoms with Crippen LogP contribution in [0, 0.1) is 0 Å². The highest BCUT2D eigenvalue weighted by molar-refractivity contribution is 8.00. The Hall–Kier alpha value is -2.33. The van der Waals surface area contributed by atoms with Gasteiger partial charge in [-0.05, 0) is 18.2 Å². The molecule has 0 unspecified atom stereocenters. The van der Waals surface area contributed by atoms with E-state index in [0.717, 1.165) is 5.39 Å². The average molecular weight is 282 g/mol. The van der Waals surface area contributed by atoms with Crippen LogP contribution in [-0.4, -0.2) is 8.42 Å². The predicted molar refractivity (Wildman–Crippen MR) is 77.9 cm³/mol. The third-order valence-corrected chi connectivity index (χ3v) is 5.41. The van der Waals surface area contributed by atoms with E-state index in [1.807, 2.05) is 24.3 Å². The molecule has 1 aromatic heterocycles. The summed E-state index contributed by atoms with van der Waals surface area (Å²) in [4.78, 5) is 0.368. The van der Waals surface area contributed by atoms with Crippen molar-refractivity contribution in [1.82, 2.24) is 0 Å². The van der Waals surface area contributed by atoms with Gasteiger partial charge in [-0.2, -0.15) is 0 Å². The number of hydrogen-bond donors (Lipinski definition) is 0. The van der Waals surface area contributed by atoms with Crippen molar-refractivity contribution >= 4 is 25.7 Å². The Morgan fingerprint density at radius 3 is 2.50 bits per heavy atom. The Morgan fingerprint density at radius 2 is 1.65 bits per heavy atom. The maximum atomic E-state index is 12.6. The highest BCUT2D eigenvalue weighted by Gasteiger charge is 2.35. The van der Waals surface area contributed by atoms with Crippen LogP contribution in [0.3, 0.4) is 0 Å². The van der Waals surface area contributed by atoms with Gasteiger partial charge in [-0.3, -0.25) is 0 Å². The van der Waals surface area contributed by atoms with Crippen molar-refractivity contribution in [2.24, 2.45) is 0 Å². The van der Waals surface area contributed by atoms with Gasteiger partial charge in [0, 0.05) is 16.5 Å². The quantitative estimate of drug-likeness (QED) is 0.629. The Kier molecular flexibility index (Phi) is 2.07. The van der Waals surface area contributed by atoms with E-state index < -0.39 is 9.84 Å². The summed E-state index contributed by atoms with van der Waals surface area (Å²) < 4.78 is 31.0. The van der Waals surface area contributed by atoms with Gasteiger partial charge in [-0.25, -0.2) is 8.42 Å². The summed E-state index contributed by atoms with van der Waals surface area (Å²) in [5.74, 6) is 0.585. The summed E-state index contributed by atoms with van der Waals surface area (Å²) in [6.45, 7) is 3.78. The van der Waals surface area contributed by atoms with Crippen LogP contribution in [0.25, 0.3) is 27.2 Å². The van der Waals surface area contributed by atoms with Crippen molar-refractivity contribution in [3.05, 3.63) is 60.7 Å². The van der Waals surface area contributed by atoms with Crippen LogP contribution in [0.1, 0.15) is 5.56 Å². The van der Waals surface area contributed by atoms with Crippen LogP contribution in [-0.2, 0) is 9.84 Å². The summed E-state index contributed by atoms with van der Waals surface area (Å²) in [6, 6.07) is 14.3. The molecule has 2 aromatic carbocycles. The van der Waals surface area contributed by atoms with E-state index in [9.17, 15) is 8.42 Å². The van der Waals surface area contributed by atoms with E-state index >= 15 is 0 Å². The molecular formula is C16H10O3S. The first-order valence-electron chi connectivity index (χ1n) is 6.16. The molecule has 4 rings (SSSR count). The lowest BCUT2D eigenvalue weighted by molar-refractivity contribution is 0.600. The molecule has 0 atom stereocenters. The maximum absolute atomic E-state index is 12.6. The Labute approximate surface area is 116 Å². The van der Waals surface area contributed by atoms with Crippen molar-refractivity contribution in [2.45, 2.75) is 4.90 Å². The molecule has 0 aliphatic carbocycles. The molecule has 0 N–H and O–H groups in total. The van der Waals surface area contributed by atoms with E-state index in [4.69, 9.17) is 4.42 Å². The first kappa shape index (κ1) is 11.5. The minimum absolute atomic E-state index is 0.108. The van der Waals surface area contributed by atoms with Gasteiger partial charge in [-0.15, -0.1) is 0 Å². The molecule has 1 aliphatic rings. The monoisotopic (exact) mass is 282 g/mol. The van der Waals surface area contributed by atoms with Gasteiger partial charge in [0.2, 0.25) is 9.84 Å². The van der Waals surface area contributed by atoms with Crippen molar-refractivity contribution in [3.63, 3.8) is 0 Å². The lowest BCUT2D eigenvalue weighted by Crippen LogP contribution is -2.10. The summed E-state index contributed by atoms with van der Waals surface area (Å²) in [5.41, 5.74) is 1.86. The van der Waals surface area contributed by atoms with E-state index in [0.29, 0.717) is 22.5 Å².